The summed E-state index contributed by atoms with van der Waals surface area (Å²) in [5.41, 5.74) is 7.41. The highest BCUT2D eigenvalue weighted by atomic mass is 32.2. The zero-order valence-corrected chi connectivity index (χ0v) is 35.3. The number of aliphatic carboxylic acids is 2. The second kappa shape index (κ2) is 24.4. The van der Waals surface area contributed by atoms with Crippen LogP contribution in [0.25, 0.3) is 11.1 Å². The number of amides is 5. The molecule has 5 amide bonds. The quantitative estimate of drug-likeness (QED) is 0.0611. The first-order valence-electron chi connectivity index (χ1n) is 19.7. The number of halogens is 2. The van der Waals surface area contributed by atoms with E-state index in [1.54, 1.807) is 17.2 Å². The number of nitrogens with two attached hydrogens (primary N) is 1. The molecule has 1 heterocycles. The topological polar surface area (TPSA) is 242 Å². The average molecular weight is 872 g/mol. The van der Waals surface area contributed by atoms with Crippen molar-refractivity contribution in [3.63, 3.8) is 0 Å². The van der Waals surface area contributed by atoms with Gasteiger partial charge in [0.1, 0.15) is 17.7 Å². The third-order valence-electron chi connectivity index (χ3n) is 9.19. The van der Waals surface area contributed by atoms with Crippen LogP contribution in [0.4, 0.5) is 8.78 Å². The highest BCUT2D eigenvalue weighted by Gasteiger charge is 2.37. The molecule has 2 aromatic carbocycles. The van der Waals surface area contributed by atoms with E-state index >= 15 is 4.39 Å². The fourth-order valence-electron chi connectivity index (χ4n) is 6.35. The van der Waals surface area contributed by atoms with Gasteiger partial charge in [-0.25, -0.2) is 8.78 Å². The van der Waals surface area contributed by atoms with E-state index in [1.807, 2.05) is 55.7 Å². The van der Waals surface area contributed by atoms with Crippen LogP contribution in [0.3, 0.4) is 0 Å². The van der Waals surface area contributed by atoms with E-state index in [1.165, 1.54) is 0 Å². The van der Waals surface area contributed by atoms with Crippen LogP contribution in [0.5, 0.6) is 0 Å². The molecule has 16 nitrogen and oxygen atoms in total. The van der Waals surface area contributed by atoms with Crippen molar-refractivity contribution in [1.82, 2.24) is 30.7 Å². The van der Waals surface area contributed by atoms with Crippen molar-refractivity contribution in [2.75, 3.05) is 44.2 Å². The SMILES string of the molecule is CC(C)(C)[C@H](c1cc(-c2cc(F)ccc2F)cn1Cc1ccccc1)N(CCCN)C(=O)CSC[C@H](NC(=O)CCC(=O)O)C(=O)NCCNC(=O)CNC(=O)CCC(=O)O. The Morgan fingerprint density at radius 1 is 0.836 bits per heavy atom. The standard InChI is InChI=1S/C42H55F2N7O9S/c1-42(2,3)40(33-20-28(30-21-29(43)10-11-31(30)44)24-50(33)23-27-8-5-4-6-9-27)51(19-7-16-45)37(55)26-61-25-32(49-35(53)13-15-39(58)59)41(60)47-18-17-46-36(54)22-48-34(52)12-14-38(56)57/h4-6,8-11,20-21,24,32,40H,7,12-19,22-23,25-26,45H2,1-3H3,(H,46,54)(H,47,60)(H,48,52)(H,49,53)(H,56,57)(H,58,59)/t32-,40-/m0/s1. The molecule has 3 aromatic rings. The van der Waals surface area contributed by atoms with Crippen molar-refractivity contribution in [1.29, 1.82) is 0 Å². The minimum atomic E-state index is -1.21. The number of hydrogen-bond donors (Lipinski definition) is 7. The Morgan fingerprint density at radius 3 is 2.13 bits per heavy atom. The van der Waals surface area contributed by atoms with Crippen molar-refractivity contribution in [2.45, 2.75) is 71.5 Å². The Bertz CT molecular complexity index is 1990. The smallest absolute Gasteiger partial charge is 0.303 e. The summed E-state index contributed by atoms with van der Waals surface area (Å²) in [7, 11) is 0. The lowest BCUT2D eigenvalue weighted by molar-refractivity contribution is -0.139. The molecule has 2 atom stereocenters. The van der Waals surface area contributed by atoms with Crippen LogP contribution in [0.2, 0.25) is 0 Å². The Balaban J connectivity index is 1.81. The number of rotatable bonds is 25. The number of hydrogen-bond acceptors (Lipinski definition) is 9. The molecule has 19 heteroatoms. The van der Waals surface area contributed by atoms with Gasteiger partial charge in [0.25, 0.3) is 0 Å². The molecule has 3 rings (SSSR count). The Labute approximate surface area is 357 Å². The minimum absolute atomic E-state index is 0.0617. The third kappa shape index (κ3) is 17.0. The summed E-state index contributed by atoms with van der Waals surface area (Å²) in [6.45, 7) is 6.19. The van der Waals surface area contributed by atoms with Gasteiger partial charge in [-0.1, -0.05) is 51.1 Å². The molecule has 0 radical (unpaired) electrons. The van der Waals surface area contributed by atoms with Gasteiger partial charge in [-0.2, -0.15) is 0 Å². The average Bonchev–Trinajstić information content (AvgIpc) is 3.60. The Kier molecular flexibility index (Phi) is 19.8. The fraction of sp³-hybridized carbons (Fsp3) is 0.452. The molecule has 0 unspecified atom stereocenters. The van der Waals surface area contributed by atoms with Crippen molar-refractivity contribution in [3.8, 4) is 11.1 Å². The molecule has 8 N–H and O–H groups in total. The number of benzene rings is 2. The second-order valence-electron chi connectivity index (χ2n) is 15.2. The van der Waals surface area contributed by atoms with Crippen LogP contribution in [-0.2, 0) is 40.1 Å². The lowest BCUT2D eigenvalue weighted by Gasteiger charge is -2.41. The zero-order valence-electron chi connectivity index (χ0n) is 34.5. The van der Waals surface area contributed by atoms with Crippen LogP contribution in [0, 0.1) is 17.0 Å². The lowest BCUT2D eigenvalue weighted by atomic mass is 9.83. The first kappa shape index (κ1) is 49.5. The number of thioether (sulfide) groups is 1. The molecule has 0 aliphatic carbocycles. The molecule has 0 fully saturated rings. The molecule has 0 saturated heterocycles. The maximum absolute atomic E-state index is 15.2. The largest absolute Gasteiger partial charge is 0.481 e. The van der Waals surface area contributed by atoms with Gasteiger partial charge in [-0.3, -0.25) is 33.6 Å². The molecule has 332 valence electrons. The second-order valence-corrected chi connectivity index (χ2v) is 16.3. The predicted octanol–water partition coefficient (Wildman–Crippen LogP) is 3.04. The minimum Gasteiger partial charge on any atom is -0.481 e. The summed E-state index contributed by atoms with van der Waals surface area (Å²) in [6, 6.07) is 12.7. The van der Waals surface area contributed by atoms with Crippen LogP contribution in [0.15, 0.2) is 60.8 Å². The third-order valence-corrected chi connectivity index (χ3v) is 10.2. The highest BCUT2D eigenvalue weighted by Crippen LogP contribution is 2.41. The van der Waals surface area contributed by atoms with Crippen molar-refractivity contribution >= 4 is 53.2 Å². The van der Waals surface area contributed by atoms with Crippen molar-refractivity contribution < 1.29 is 52.6 Å². The highest BCUT2D eigenvalue weighted by molar-refractivity contribution is 8.00. The number of carbonyl (C=O) groups excluding carboxylic acids is 5. The Morgan fingerprint density at radius 2 is 1.49 bits per heavy atom. The molecule has 0 saturated carbocycles. The van der Waals surface area contributed by atoms with Gasteiger partial charge < -0.3 is 46.7 Å². The molecule has 0 aliphatic heterocycles. The van der Waals surface area contributed by atoms with Gasteiger partial charge in [0, 0.05) is 67.8 Å². The number of carboxylic acids is 2. The lowest BCUT2D eigenvalue weighted by Crippen LogP contribution is -2.50. The van der Waals surface area contributed by atoms with Gasteiger partial charge >= 0.3 is 11.9 Å². The maximum Gasteiger partial charge on any atom is 0.303 e. The number of aromatic nitrogens is 1. The first-order valence-corrected chi connectivity index (χ1v) is 20.9. The van der Waals surface area contributed by atoms with Crippen LogP contribution < -0.4 is 27.0 Å². The van der Waals surface area contributed by atoms with E-state index in [-0.39, 0.29) is 55.6 Å². The van der Waals surface area contributed by atoms with E-state index in [0.717, 1.165) is 35.5 Å². The normalized spacial score (nSPS) is 12.2. The molecule has 0 spiro atoms. The summed E-state index contributed by atoms with van der Waals surface area (Å²) < 4.78 is 31.5. The molecule has 0 aliphatic rings. The van der Waals surface area contributed by atoms with E-state index in [9.17, 15) is 38.0 Å². The molecular weight excluding hydrogens is 817 g/mol. The van der Waals surface area contributed by atoms with Gasteiger partial charge in [-0.15, -0.1) is 11.8 Å². The zero-order chi connectivity index (χ0) is 45.1. The molecule has 1 aromatic heterocycles. The Hall–Kier alpha value is -5.82. The van der Waals surface area contributed by atoms with Crippen LogP contribution in [-0.4, -0.2) is 111 Å². The first-order chi connectivity index (χ1) is 28.9. The summed E-state index contributed by atoms with van der Waals surface area (Å²) in [6.07, 6.45) is 0.609. The maximum atomic E-state index is 15.2. The van der Waals surface area contributed by atoms with Gasteiger partial charge in [-0.05, 0) is 48.2 Å². The molecular formula is C42H55F2N7O9S. The monoisotopic (exact) mass is 871 g/mol. The van der Waals surface area contributed by atoms with Crippen LogP contribution in [0.1, 0.15) is 70.2 Å². The van der Waals surface area contributed by atoms with Gasteiger partial charge in [0.2, 0.25) is 29.5 Å². The molecule has 0 bridgehead atoms. The van der Waals surface area contributed by atoms with E-state index in [2.05, 4.69) is 21.3 Å². The van der Waals surface area contributed by atoms with Gasteiger partial charge in [0.15, 0.2) is 0 Å². The van der Waals surface area contributed by atoms with Gasteiger partial charge in [0.05, 0.1) is 31.2 Å². The number of nitrogens with zero attached hydrogens (tertiary/aromatic N) is 2. The van der Waals surface area contributed by atoms with E-state index in [4.69, 9.17) is 15.9 Å². The number of carbonyl (C=O) groups is 7. The van der Waals surface area contributed by atoms with E-state index in [0.29, 0.717) is 24.2 Å². The summed E-state index contributed by atoms with van der Waals surface area (Å²) in [4.78, 5) is 87.5. The summed E-state index contributed by atoms with van der Waals surface area (Å²) in [5.74, 6) is -6.73. The van der Waals surface area contributed by atoms with E-state index < -0.39 is 90.5 Å². The van der Waals surface area contributed by atoms with Crippen LogP contribution >= 0.6 is 11.8 Å². The summed E-state index contributed by atoms with van der Waals surface area (Å²) in [5, 5.41) is 27.6. The number of carboxylic acid groups (broad SMARTS) is 2. The predicted molar refractivity (Wildman–Crippen MR) is 225 cm³/mol. The number of nitrogens with one attached hydrogen (secondary N) is 4. The summed E-state index contributed by atoms with van der Waals surface area (Å²) >= 11 is 1.06. The molecule has 61 heavy (non-hydrogen) atoms. The van der Waals surface area contributed by atoms with Crippen molar-refractivity contribution in [3.05, 3.63) is 83.7 Å². The van der Waals surface area contributed by atoms with Crippen molar-refractivity contribution in [2.24, 2.45) is 11.1 Å². The fourth-order valence-corrected chi connectivity index (χ4v) is 7.28.